The zero-order valence-corrected chi connectivity index (χ0v) is 12.8. The molecular formula is C16H13ClN2O3. The van der Waals surface area contributed by atoms with Crippen LogP contribution < -0.4 is 9.47 Å². The predicted octanol–water partition coefficient (Wildman–Crippen LogP) is 3.46. The molecule has 0 bridgehead atoms. The van der Waals surface area contributed by atoms with Crippen molar-refractivity contribution in [3.8, 4) is 11.5 Å². The second-order valence-electron chi connectivity index (χ2n) is 4.66. The monoisotopic (exact) mass is 316 g/mol. The van der Waals surface area contributed by atoms with Gasteiger partial charge in [0.2, 0.25) is 0 Å². The third kappa shape index (κ3) is 2.51. The quantitative estimate of drug-likeness (QED) is 0.591. The van der Waals surface area contributed by atoms with Crippen LogP contribution in [-0.2, 0) is 0 Å². The lowest BCUT2D eigenvalue weighted by molar-refractivity contribution is 0.103. The number of ether oxygens (including phenoxy) is 2. The fourth-order valence-electron chi connectivity index (χ4n) is 2.26. The van der Waals surface area contributed by atoms with E-state index in [0.29, 0.717) is 33.4 Å². The number of nitrogens with zero attached hydrogens (tertiary/aromatic N) is 1. The van der Waals surface area contributed by atoms with E-state index in [2.05, 4.69) is 9.97 Å². The summed E-state index contributed by atoms with van der Waals surface area (Å²) in [6.07, 6.45) is 1.63. The van der Waals surface area contributed by atoms with E-state index in [1.807, 2.05) is 0 Å². The van der Waals surface area contributed by atoms with E-state index in [1.165, 1.54) is 0 Å². The molecule has 3 aromatic rings. The maximum Gasteiger partial charge on any atom is 0.195 e. The summed E-state index contributed by atoms with van der Waals surface area (Å²) in [5.41, 5.74) is 1.58. The minimum atomic E-state index is -0.146. The fraction of sp³-hybridized carbons (Fsp3) is 0.125. The number of carbonyl (C=O) groups excluding carboxylic acids is 1. The average Bonchev–Trinajstić information content (AvgIpc) is 2.96. The first-order valence-electron chi connectivity index (χ1n) is 6.54. The molecule has 0 unspecified atom stereocenters. The number of carbonyl (C=O) groups is 1. The number of fused-ring (bicyclic) bond motifs is 1. The smallest absolute Gasteiger partial charge is 0.195 e. The Kier molecular flexibility index (Phi) is 3.73. The number of aromatic amines is 1. The first kappa shape index (κ1) is 14.4. The zero-order chi connectivity index (χ0) is 15.7. The molecule has 2 heterocycles. The van der Waals surface area contributed by atoms with Crippen molar-refractivity contribution in [2.45, 2.75) is 0 Å². The predicted molar refractivity (Wildman–Crippen MR) is 84.1 cm³/mol. The van der Waals surface area contributed by atoms with Crippen molar-refractivity contribution in [2.75, 3.05) is 14.2 Å². The van der Waals surface area contributed by atoms with Crippen LogP contribution in [0.25, 0.3) is 11.0 Å². The summed E-state index contributed by atoms with van der Waals surface area (Å²) < 4.78 is 10.4. The summed E-state index contributed by atoms with van der Waals surface area (Å²) in [5, 5.41) is 1.09. The van der Waals surface area contributed by atoms with Crippen LogP contribution in [0.3, 0.4) is 0 Å². The third-order valence-electron chi connectivity index (χ3n) is 3.36. The molecule has 1 aromatic carbocycles. The number of methoxy groups -OCH3 is 2. The van der Waals surface area contributed by atoms with E-state index in [0.717, 1.165) is 5.39 Å². The Bertz CT molecular complexity index is 835. The summed E-state index contributed by atoms with van der Waals surface area (Å²) in [4.78, 5) is 19.9. The molecule has 0 atom stereocenters. The minimum absolute atomic E-state index is 0.146. The van der Waals surface area contributed by atoms with E-state index in [1.54, 1.807) is 50.7 Å². The minimum Gasteiger partial charge on any atom is -0.497 e. The number of rotatable bonds is 4. The Hall–Kier alpha value is -2.53. The zero-order valence-electron chi connectivity index (χ0n) is 12.0. The van der Waals surface area contributed by atoms with Gasteiger partial charge in [-0.05, 0) is 24.3 Å². The number of aromatic nitrogens is 2. The van der Waals surface area contributed by atoms with Crippen molar-refractivity contribution < 1.29 is 14.3 Å². The molecular weight excluding hydrogens is 304 g/mol. The second kappa shape index (κ2) is 5.69. The van der Waals surface area contributed by atoms with Crippen LogP contribution in [-0.4, -0.2) is 30.0 Å². The largest absolute Gasteiger partial charge is 0.497 e. The molecule has 0 saturated heterocycles. The van der Waals surface area contributed by atoms with Crippen LogP contribution in [0.5, 0.6) is 11.5 Å². The summed E-state index contributed by atoms with van der Waals surface area (Å²) in [7, 11) is 3.08. The van der Waals surface area contributed by atoms with Crippen LogP contribution in [0, 0.1) is 0 Å². The number of benzene rings is 1. The van der Waals surface area contributed by atoms with Gasteiger partial charge in [-0.2, -0.15) is 0 Å². The number of nitrogens with one attached hydrogen (secondary N) is 1. The Labute approximate surface area is 131 Å². The summed E-state index contributed by atoms with van der Waals surface area (Å²) >= 11 is 5.85. The van der Waals surface area contributed by atoms with Gasteiger partial charge in [0.05, 0.1) is 14.2 Å². The van der Waals surface area contributed by atoms with Gasteiger partial charge in [-0.25, -0.2) is 4.98 Å². The van der Waals surface area contributed by atoms with Crippen molar-refractivity contribution in [3.63, 3.8) is 0 Å². The van der Waals surface area contributed by atoms with E-state index in [-0.39, 0.29) is 5.78 Å². The molecule has 0 aliphatic carbocycles. The Morgan fingerprint density at radius 1 is 1.14 bits per heavy atom. The maximum absolute atomic E-state index is 12.8. The van der Waals surface area contributed by atoms with Crippen LogP contribution >= 0.6 is 11.6 Å². The highest BCUT2D eigenvalue weighted by molar-refractivity contribution is 6.30. The summed E-state index contributed by atoms with van der Waals surface area (Å²) in [5.74, 6) is 0.972. The second-order valence-corrected chi connectivity index (χ2v) is 5.05. The molecule has 6 heteroatoms. The standard InChI is InChI=1S/C16H13ClN2O3/c1-21-10-5-9(6-11(7-10)22-2)15(20)13-8-18-16-12(13)3-4-14(17)19-16/h3-8H,1-2H3,(H,18,19). The molecule has 5 nitrogen and oxygen atoms in total. The molecule has 0 radical (unpaired) electrons. The van der Waals surface area contributed by atoms with Crippen molar-refractivity contribution in [3.05, 3.63) is 52.8 Å². The average molecular weight is 317 g/mol. The van der Waals surface area contributed by atoms with Crippen LogP contribution in [0.15, 0.2) is 36.5 Å². The number of hydrogen-bond acceptors (Lipinski definition) is 4. The third-order valence-corrected chi connectivity index (χ3v) is 3.57. The normalized spacial score (nSPS) is 10.7. The lowest BCUT2D eigenvalue weighted by atomic mass is 10.0. The first-order chi connectivity index (χ1) is 10.6. The number of ketones is 1. The van der Waals surface area contributed by atoms with E-state index in [4.69, 9.17) is 21.1 Å². The van der Waals surface area contributed by atoms with Gasteiger partial charge in [-0.15, -0.1) is 0 Å². The van der Waals surface area contributed by atoms with E-state index in [9.17, 15) is 4.79 Å². The number of pyridine rings is 1. The van der Waals surface area contributed by atoms with Gasteiger partial charge in [0.1, 0.15) is 22.3 Å². The van der Waals surface area contributed by atoms with E-state index < -0.39 is 0 Å². The summed E-state index contributed by atoms with van der Waals surface area (Å²) in [6.45, 7) is 0. The van der Waals surface area contributed by atoms with Gasteiger partial charge in [0, 0.05) is 28.8 Å². The Morgan fingerprint density at radius 3 is 2.45 bits per heavy atom. The molecule has 0 aliphatic heterocycles. The molecule has 3 rings (SSSR count). The van der Waals surface area contributed by atoms with Gasteiger partial charge in [0.25, 0.3) is 0 Å². The lowest BCUT2D eigenvalue weighted by Crippen LogP contribution is -2.02. The van der Waals surface area contributed by atoms with Crippen molar-refractivity contribution >= 4 is 28.4 Å². The Balaban J connectivity index is 2.09. The van der Waals surface area contributed by atoms with Crippen LogP contribution in [0.1, 0.15) is 15.9 Å². The first-order valence-corrected chi connectivity index (χ1v) is 6.91. The topological polar surface area (TPSA) is 64.2 Å². The lowest BCUT2D eigenvalue weighted by Gasteiger charge is -2.07. The number of halogens is 1. The molecule has 2 aromatic heterocycles. The molecule has 0 spiro atoms. The SMILES string of the molecule is COc1cc(OC)cc(C(=O)c2c[nH]c3nc(Cl)ccc23)c1. The maximum atomic E-state index is 12.8. The van der Waals surface area contributed by atoms with Gasteiger partial charge in [0.15, 0.2) is 5.78 Å². The highest BCUT2D eigenvalue weighted by Crippen LogP contribution is 2.27. The Morgan fingerprint density at radius 2 is 1.82 bits per heavy atom. The van der Waals surface area contributed by atoms with Crippen LogP contribution in [0.2, 0.25) is 5.15 Å². The highest BCUT2D eigenvalue weighted by Gasteiger charge is 2.17. The van der Waals surface area contributed by atoms with Crippen molar-refractivity contribution in [1.82, 2.24) is 9.97 Å². The van der Waals surface area contributed by atoms with Gasteiger partial charge in [-0.3, -0.25) is 4.79 Å². The molecule has 0 saturated carbocycles. The van der Waals surface area contributed by atoms with Crippen molar-refractivity contribution in [1.29, 1.82) is 0 Å². The van der Waals surface area contributed by atoms with Gasteiger partial charge in [-0.1, -0.05) is 11.6 Å². The van der Waals surface area contributed by atoms with Gasteiger partial charge >= 0.3 is 0 Å². The highest BCUT2D eigenvalue weighted by atomic mass is 35.5. The molecule has 22 heavy (non-hydrogen) atoms. The molecule has 1 N–H and O–H groups in total. The van der Waals surface area contributed by atoms with Crippen molar-refractivity contribution in [2.24, 2.45) is 0 Å². The fourth-order valence-corrected chi connectivity index (χ4v) is 2.41. The molecule has 0 aliphatic rings. The van der Waals surface area contributed by atoms with Crippen LogP contribution in [0.4, 0.5) is 0 Å². The molecule has 0 amide bonds. The molecule has 0 fully saturated rings. The number of H-pyrrole nitrogens is 1. The summed E-state index contributed by atoms with van der Waals surface area (Å²) in [6, 6.07) is 8.49. The molecule has 112 valence electrons. The van der Waals surface area contributed by atoms with Gasteiger partial charge < -0.3 is 14.5 Å². The van der Waals surface area contributed by atoms with E-state index >= 15 is 0 Å². The number of hydrogen-bond donors (Lipinski definition) is 1.